The van der Waals surface area contributed by atoms with Crippen LogP contribution in [0.5, 0.6) is 5.75 Å². The van der Waals surface area contributed by atoms with Gasteiger partial charge in [-0.25, -0.2) is 4.79 Å². The van der Waals surface area contributed by atoms with E-state index in [1.165, 1.54) is 32.1 Å². The van der Waals surface area contributed by atoms with Gasteiger partial charge in [-0.15, -0.1) is 0 Å². The first kappa shape index (κ1) is 12.9. The van der Waals surface area contributed by atoms with Gasteiger partial charge in [-0.05, 0) is 56.2 Å². The van der Waals surface area contributed by atoms with Crippen LogP contribution >= 0.6 is 0 Å². The van der Waals surface area contributed by atoms with Gasteiger partial charge in [0, 0.05) is 17.0 Å². The maximum Gasteiger partial charge on any atom is 0.339 e. The quantitative estimate of drug-likeness (QED) is 0.781. The fraction of sp³-hybridized carbons (Fsp3) is 0.500. The second kappa shape index (κ2) is 4.90. The number of rotatable bonds is 2. The van der Waals surface area contributed by atoms with E-state index >= 15 is 0 Å². The van der Waals surface area contributed by atoms with Crippen molar-refractivity contribution < 1.29 is 9.15 Å². The lowest BCUT2D eigenvalue weighted by Crippen LogP contribution is -2.26. The fourth-order valence-electron chi connectivity index (χ4n) is 4.00. The molecule has 3 heteroatoms. The Morgan fingerprint density at radius 2 is 1.86 bits per heavy atom. The number of fused-ring (bicyclic) bond motifs is 3. The molecular weight excluding hydrogens is 264 g/mol. The smallest absolute Gasteiger partial charge is 0.339 e. The molecule has 2 aromatic rings. The summed E-state index contributed by atoms with van der Waals surface area (Å²) in [5.74, 6) is 2.53. The highest BCUT2D eigenvalue weighted by molar-refractivity contribution is 5.78. The van der Waals surface area contributed by atoms with Crippen molar-refractivity contribution in [3.63, 3.8) is 0 Å². The molecule has 2 unspecified atom stereocenters. The molecule has 3 atom stereocenters. The molecule has 0 spiro atoms. The van der Waals surface area contributed by atoms with Gasteiger partial charge in [-0.1, -0.05) is 12.8 Å². The summed E-state index contributed by atoms with van der Waals surface area (Å²) >= 11 is 0. The van der Waals surface area contributed by atoms with Gasteiger partial charge in [-0.3, -0.25) is 0 Å². The fourth-order valence-corrected chi connectivity index (χ4v) is 4.00. The minimum absolute atomic E-state index is 0.268. The second-order valence-corrected chi connectivity index (χ2v) is 6.67. The van der Waals surface area contributed by atoms with E-state index in [4.69, 9.17) is 9.15 Å². The first-order valence-corrected chi connectivity index (χ1v) is 7.88. The number of hydrogen-bond donors (Lipinski definition) is 0. The van der Waals surface area contributed by atoms with E-state index in [0.29, 0.717) is 17.3 Å². The maximum atomic E-state index is 11.6. The minimum Gasteiger partial charge on any atom is -0.490 e. The molecule has 2 aliphatic rings. The molecule has 0 radical (unpaired) electrons. The molecule has 2 bridgehead atoms. The third kappa shape index (κ3) is 2.45. The van der Waals surface area contributed by atoms with Crippen LogP contribution in [0, 0.1) is 18.8 Å². The van der Waals surface area contributed by atoms with Crippen molar-refractivity contribution in [1.29, 1.82) is 0 Å². The summed E-state index contributed by atoms with van der Waals surface area (Å²) in [7, 11) is 0. The average Bonchev–Trinajstić information content (AvgIpc) is 2.80. The summed E-state index contributed by atoms with van der Waals surface area (Å²) in [6, 6.07) is 7.68. The predicted molar refractivity (Wildman–Crippen MR) is 81.7 cm³/mol. The van der Waals surface area contributed by atoms with Crippen LogP contribution in [-0.2, 0) is 0 Å². The Balaban J connectivity index is 1.59. The standard InChI is InChI=1S/C18H20O3/c1-11-6-14-4-5-15(10-17(14)21-18(11)19)20-16-8-12-2-3-13(7-12)9-16/h4-6,10,12-13,16H,2-3,7-9H2,1H3/t12-,13?,16?/m0/s1. The normalized spacial score (nSPS) is 28.0. The molecule has 0 aliphatic heterocycles. The topological polar surface area (TPSA) is 39.4 Å². The first-order valence-electron chi connectivity index (χ1n) is 7.88. The molecule has 1 heterocycles. The molecule has 0 N–H and O–H groups in total. The van der Waals surface area contributed by atoms with E-state index < -0.39 is 0 Å². The van der Waals surface area contributed by atoms with Crippen LogP contribution in [0.4, 0.5) is 0 Å². The van der Waals surface area contributed by atoms with Crippen molar-refractivity contribution in [2.75, 3.05) is 0 Å². The van der Waals surface area contributed by atoms with Gasteiger partial charge in [0.05, 0.1) is 6.10 Å². The second-order valence-electron chi connectivity index (χ2n) is 6.67. The maximum absolute atomic E-state index is 11.6. The van der Waals surface area contributed by atoms with Crippen molar-refractivity contribution in [2.24, 2.45) is 11.8 Å². The largest absolute Gasteiger partial charge is 0.490 e. The number of hydrogen-bond acceptors (Lipinski definition) is 3. The summed E-state index contributed by atoms with van der Waals surface area (Å²) < 4.78 is 11.5. The number of ether oxygens (including phenoxy) is 1. The Morgan fingerprint density at radius 3 is 2.62 bits per heavy atom. The van der Waals surface area contributed by atoms with E-state index in [9.17, 15) is 4.79 Å². The molecule has 0 amide bonds. The molecule has 21 heavy (non-hydrogen) atoms. The van der Waals surface area contributed by atoms with E-state index in [1.54, 1.807) is 6.92 Å². The molecule has 1 aromatic carbocycles. The van der Waals surface area contributed by atoms with Crippen LogP contribution in [0.2, 0.25) is 0 Å². The molecule has 4 rings (SSSR count). The van der Waals surface area contributed by atoms with E-state index in [0.717, 1.165) is 23.0 Å². The van der Waals surface area contributed by atoms with Crippen molar-refractivity contribution in [3.05, 3.63) is 40.2 Å². The Morgan fingerprint density at radius 1 is 1.10 bits per heavy atom. The molecular formula is C18H20O3. The van der Waals surface area contributed by atoms with E-state index in [1.807, 2.05) is 24.3 Å². The van der Waals surface area contributed by atoms with Crippen LogP contribution in [0.25, 0.3) is 11.0 Å². The highest BCUT2D eigenvalue weighted by atomic mass is 16.5. The molecule has 2 saturated carbocycles. The Kier molecular flexibility index (Phi) is 3.02. The van der Waals surface area contributed by atoms with Crippen molar-refractivity contribution in [1.82, 2.24) is 0 Å². The molecule has 1 aromatic heterocycles. The summed E-state index contributed by atoms with van der Waals surface area (Å²) in [4.78, 5) is 11.6. The zero-order valence-corrected chi connectivity index (χ0v) is 12.3. The summed E-state index contributed by atoms with van der Waals surface area (Å²) in [6.45, 7) is 1.77. The van der Waals surface area contributed by atoms with Crippen LogP contribution in [0.15, 0.2) is 33.5 Å². The first-order chi connectivity index (χ1) is 10.2. The van der Waals surface area contributed by atoms with Crippen LogP contribution < -0.4 is 10.4 Å². The van der Waals surface area contributed by atoms with E-state index in [2.05, 4.69) is 0 Å². The van der Waals surface area contributed by atoms with E-state index in [-0.39, 0.29) is 5.63 Å². The zero-order chi connectivity index (χ0) is 14.4. The summed E-state index contributed by atoms with van der Waals surface area (Å²) in [6.07, 6.45) is 6.81. The van der Waals surface area contributed by atoms with Crippen LogP contribution in [-0.4, -0.2) is 6.10 Å². The number of aryl methyl sites for hydroxylation is 1. The molecule has 2 fully saturated rings. The van der Waals surface area contributed by atoms with Crippen molar-refractivity contribution >= 4 is 11.0 Å². The molecule has 3 nitrogen and oxygen atoms in total. The van der Waals surface area contributed by atoms with Gasteiger partial charge >= 0.3 is 5.63 Å². The van der Waals surface area contributed by atoms with Crippen molar-refractivity contribution in [2.45, 2.75) is 45.1 Å². The highest BCUT2D eigenvalue weighted by Crippen LogP contribution is 2.43. The minimum atomic E-state index is -0.268. The van der Waals surface area contributed by atoms with Gasteiger partial charge in [0.2, 0.25) is 0 Å². The van der Waals surface area contributed by atoms with Crippen LogP contribution in [0.1, 0.15) is 37.7 Å². The molecule has 2 aliphatic carbocycles. The predicted octanol–water partition coefficient (Wildman–Crippen LogP) is 4.06. The van der Waals surface area contributed by atoms with Crippen molar-refractivity contribution in [3.8, 4) is 5.75 Å². The van der Waals surface area contributed by atoms with Gasteiger partial charge < -0.3 is 9.15 Å². The Hall–Kier alpha value is -1.77. The average molecular weight is 284 g/mol. The lowest BCUT2D eigenvalue weighted by Gasteiger charge is -2.28. The highest BCUT2D eigenvalue weighted by Gasteiger charge is 2.35. The van der Waals surface area contributed by atoms with Crippen LogP contribution in [0.3, 0.4) is 0 Å². The summed E-state index contributed by atoms with van der Waals surface area (Å²) in [5.41, 5.74) is 0.984. The third-order valence-electron chi connectivity index (χ3n) is 5.03. The van der Waals surface area contributed by atoms with Gasteiger partial charge in [0.25, 0.3) is 0 Å². The number of benzene rings is 1. The lowest BCUT2D eigenvalue weighted by molar-refractivity contribution is 0.119. The SMILES string of the molecule is Cc1cc2ccc(OC3CC4CC[C@@H](C4)C3)cc2oc1=O. The zero-order valence-electron chi connectivity index (χ0n) is 12.3. The monoisotopic (exact) mass is 284 g/mol. The lowest BCUT2D eigenvalue weighted by atomic mass is 9.87. The van der Waals surface area contributed by atoms with Gasteiger partial charge in [0.1, 0.15) is 11.3 Å². The van der Waals surface area contributed by atoms with Gasteiger partial charge in [0.15, 0.2) is 0 Å². The molecule has 110 valence electrons. The summed E-state index contributed by atoms with van der Waals surface area (Å²) in [5, 5.41) is 0.947. The third-order valence-corrected chi connectivity index (χ3v) is 5.03. The van der Waals surface area contributed by atoms with Gasteiger partial charge in [-0.2, -0.15) is 0 Å². The Bertz CT molecular complexity index is 719. The molecule has 0 saturated heterocycles. The Labute approximate surface area is 123 Å².